The van der Waals surface area contributed by atoms with Gasteiger partial charge in [0.15, 0.2) is 6.61 Å². The summed E-state index contributed by atoms with van der Waals surface area (Å²) in [6.07, 6.45) is 3.85. The number of likely N-dealkylation sites (tertiary alicyclic amines) is 1. The van der Waals surface area contributed by atoms with Gasteiger partial charge in [-0.3, -0.25) is 0 Å². The molecule has 0 bridgehead atoms. The van der Waals surface area contributed by atoms with Gasteiger partial charge in [-0.15, -0.1) is 0 Å². The molecule has 2 rings (SSSR count). The highest BCUT2D eigenvalue weighted by atomic mass is 16.6. The van der Waals surface area contributed by atoms with Crippen LogP contribution in [0.5, 0.6) is 5.75 Å². The van der Waals surface area contributed by atoms with Crippen LogP contribution in [0.25, 0.3) is 0 Å². The molecule has 0 saturated carbocycles. The summed E-state index contributed by atoms with van der Waals surface area (Å²) in [6.45, 7) is 7.23. The molecule has 1 saturated heterocycles. The van der Waals surface area contributed by atoms with E-state index in [2.05, 4.69) is 0 Å². The number of aryl methyl sites for hydroxylation is 1. The first kappa shape index (κ1) is 15.8. The Kier molecular flexibility index (Phi) is 6.05. The number of carbonyl (C=O) groups is 1. The van der Waals surface area contributed by atoms with Crippen molar-refractivity contribution in [3.05, 3.63) is 29.8 Å². The van der Waals surface area contributed by atoms with Crippen molar-refractivity contribution < 1.29 is 19.2 Å². The van der Waals surface area contributed by atoms with Gasteiger partial charge in [-0.05, 0) is 50.8 Å². The van der Waals surface area contributed by atoms with Crippen molar-refractivity contribution in [2.45, 2.75) is 39.2 Å². The van der Waals surface area contributed by atoms with Crippen molar-refractivity contribution in [1.82, 2.24) is 0 Å². The summed E-state index contributed by atoms with van der Waals surface area (Å²) >= 11 is 0. The van der Waals surface area contributed by atoms with Crippen LogP contribution in [0.1, 0.15) is 31.7 Å². The maximum atomic E-state index is 11.8. The second-order valence-corrected chi connectivity index (χ2v) is 5.92. The number of piperidine rings is 1. The second-order valence-electron chi connectivity index (χ2n) is 5.92. The van der Waals surface area contributed by atoms with Crippen LogP contribution in [0.3, 0.4) is 0 Å². The summed E-state index contributed by atoms with van der Waals surface area (Å²) in [5.41, 5.74) is 1.11. The van der Waals surface area contributed by atoms with Crippen molar-refractivity contribution >= 4 is 5.97 Å². The smallest absolute Gasteiger partial charge is 0.344 e. The van der Waals surface area contributed by atoms with Gasteiger partial charge in [0.05, 0.1) is 13.1 Å². The van der Waals surface area contributed by atoms with E-state index in [4.69, 9.17) is 9.47 Å². The molecule has 1 heterocycles. The van der Waals surface area contributed by atoms with E-state index in [1.165, 1.54) is 32.4 Å². The molecule has 1 N–H and O–H groups in total. The van der Waals surface area contributed by atoms with Gasteiger partial charge < -0.3 is 14.4 Å². The predicted octanol–water partition coefficient (Wildman–Crippen LogP) is 1.37. The molecule has 1 aliphatic rings. The topological polar surface area (TPSA) is 40.0 Å². The molecular formula is C17H26NO3+. The maximum absolute atomic E-state index is 11.8. The van der Waals surface area contributed by atoms with E-state index in [0.29, 0.717) is 5.75 Å². The molecule has 21 heavy (non-hydrogen) atoms. The Labute approximate surface area is 127 Å². The molecular weight excluding hydrogens is 266 g/mol. The molecule has 1 aliphatic heterocycles. The first-order valence-electron chi connectivity index (χ1n) is 7.86. The molecule has 0 radical (unpaired) electrons. The van der Waals surface area contributed by atoms with Crippen LogP contribution in [0.4, 0.5) is 0 Å². The number of rotatable bonds is 6. The summed E-state index contributed by atoms with van der Waals surface area (Å²) in [4.78, 5) is 13.3. The fourth-order valence-corrected chi connectivity index (χ4v) is 2.81. The molecule has 0 aliphatic carbocycles. The van der Waals surface area contributed by atoms with Crippen LogP contribution in [-0.2, 0) is 9.53 Å². The summed E-state index contributed by atoms with van der Waals surface area (Å²) in [7, 11) is 0. The molecule has 0 amide bonds. The van der Waals surface area contributed by atoms with E-state index in [1.807, 2.05) is 38.1 Å². The first-order valence-corrected chi connectivity index (χ1v) is 7.86. The van der Waals surface area contributed by atoms with Crippen molar-refractivity contribution in [2.24, 2.45) is 0 Å². The third kappa shape index (κ3) is 5.76. The zero-order chi connectivity index (χ0) is 15.1. The lowest BCUT2D eigenvalue weighted by Crippen LogP contribution is -3.13. The molecule has 116 valence electrons. The number of carbonyl (C=O) groups excluding carboxylic acids is 1. The van der Waals surface area contributed by atoms with Gasteiger partial charge in [0.2, 0.25) is 0 Å². The van der Waals surface area contributed by atoms with Gasteiger partial charge >= 0.3 is 5.97 Å². The highest BCUT2D eigenvalue weighted by Crippen LogP contribution is 2.12. The summed E-state index contributed by atoms with van der Waals surface area (Å²) in [5.74, 6) is 0.418. The molecule has 0 spiro atoms. The third-order valence-electron chi connectivity index (χ3n) is 3.82. The van der Waals surface area contributed by atoms with Crippen LogP contribution in [0, 0.1) is 6.92 Å². The number of hydrogen-bond acceptors (Lipinski definition) is 3. The Morgan fingerprint density at radius 2 is 2.05 bits per heavy atom. The monoisotopic (exact) mass is 292 g/mol. The van der Waals surface area contributed by atoms with E-state index in [9.17, 15) is 4.79 Å². The van der Waals surface area contributed by atoms with Crippen LogP contribution >= 0.6 is 0 Å². The zero-order valence-electron chi connectivity index (χ0n) is 13.1. The van der Waals surface area contributed by atoms with E-state index < -0.39 is 0 Å². The average molecular weight is 292 g/mol. The van der Waals surface area contributed by atoms with Crippen molar-refractivity contribution in [1.29, 1.82) is 0 Å². The molecule has 0 aromatic heterocycles. The standard InChI is InChI=1S/C17H25NO3/c1-14-7-6-8-16(11-14)20-13-17(19)21-15(2)12-18-9-4-3-5-10-18/h6-8,11,15H,3-5,9-10,12-13H2,1-2H3/p+1/t15-/m0/s1. The van der Waals surface area contributed by atoms with E-state index in [-0.39, 0.29) is 18.7 Å². The van der Waals surface area contributed by atoms with Crippen molar-refractivity contribution in [3.63, 3.8) is 0 Å². The van der Waals surface area contributed by atoms with Crippen LogP contribution in [0.15, 0.2) is 24.3 Å². The second kappa shape index (κ2) is 8.03. The average Bonchev–Trinajstić information content (AvgIpc) is 2.46. The zero-order valence-corrected chi connectivity index (χ0v) is 13.1. The minimum absolute atomic E-state index is 0.0247. The summed E-state index contributed by atoms with van der Waals surface area (Å²) in [6, 6.07) is 7.67. The van der Waals surface area contributed by atoms with Gasteiger partial charge in [-0.1, -0.05) is 12.1 Å². The van der Waals surface area contributed by atoms with Gasteiger partial charge in [0, 0.05) is 0 Å². The SMILES string of the molecule is Cc1cccc(OCC(=O)O[C@@H](C)C[NH+]2CCCCC2)c1. The molecule has 1 atom stereocenters. The highest BCUT2D eigenvalue weighted by Gasteiger charge is 2.19. The van der Waals surface area contributed by atoms with Gasteiger partial charge in [0.25, 0.3) is 0 Å². The molecule has 1 aromatic rings. The van der Waals surface area contributed by atoms with Gasteiger partial charge in [0.1, 0.15) is 18.4 Å². The third-order valence-corrected chi connectivity index (χ3v) is 3.82. The Balaban J connectivity index is 1.68. The maximum Gasteiger partial charge on any atom is 0.344 e. The van der Waals surface area contributed by atoms with E-state index >= 15 is 0 Å². The number of quaternary nitrogens is 1. The Morgan fingerprint density at radius 1 is 1.29 bits per heavy atom. The van der Waals surface area contributed by atoms with Crippen LogP contribution < -0.4 is 9.64 Å². The Morgan fingerprint density at radius 3 is 2.76 bits per heavy atom. The van der Waals surface area contributed by atoms with Gasteiger partial charge in [-0.2, -0.15) is 0 Å². The predicted molar refractivity (Wildman–Crippen MR) is 81.6 cm³/mol. The number of nitrogens with one attached hydrogen (secondary N) is 1. The lowest BCUT2D eigenvalue weighted by atomic mass is 10.1. The Bertz CT molecular complexity index is 455. The first-order chi connectivity index (χ1) is 10.1. The molecule has 4 heteroatoms. The number of esters is 1. The van der Waals surface area contributed by atoms with Crippen molar-refractivity contribution in [2.75, 3.05) is 26.2 Å². The quantitative estimate of drug-likeness (QED) is 0.805. The summed E-state index contributed by atoms with van der Waals surface area (Å²) < 4.78 is 10.9. The van der Waals surface area contributed by atoms with Gasteiger partial charge in [-0.25, -0.2) is 4.79 Å². The highest BCUT2D eigenvalue weighted by molar-refractivity contribution is 5.71. The molecule has 1 aromatic carbocycles. The normalized spacial score (nSPS) is 17.2. The molecule has 1 fully saturated rings. The van der Waals surface area contributed by atoms with Crippen LogP contribution in [-0.4, -0.2) is 38.3 Å². The van der Waals surface area contributed by atoms with E-state index in [1.54, 1.807) is 4.90 Å². The van der Waals surface area contributed by atoms with Crippen molar-refractivity contribution in [3.8, 4) is 5.75 Å². The molecule has 0 unspecified atom stereocenters. The number of benzene rings is 1. The lowest BCUT2D eigenvalue weighted by Gasteiger charge is -2.26. The van der Waals surface area contributed by atoms with Crippen LogP contribution in [0.2, 0.25) is 0 Å². The minimum atomic E-state index is -0.291. The fraction of sp³-hybridized carbons (Fsp3) is 0.588. The largest absolute Gasteiger partial charge is 0.482 e. The van der Waals surface area contributed by atoms with E-state index in [0.717, 1.165) is 12.1 Å². The Hall–Kier alpha value is -1.55. The summed E-state index contributed by atoms with van der Waals surface area (Å²) in [5, 5.41) is 0. The minimum Gasteiger partial charge on any atom is -0.482 e. The lowest BCUT2D eigenvalue weighted by molar-refractivity contribution is -0.907. The number of hydrogen-bond donors (Lipinski definition) is 1. The number of ether oxygens (including phenoxy) is 2. The fourth-order valence-electron chi connectivity index (χ4n) is 2.81. The molecule has 4 nitrogen and oxygen atoms in total.